The zero-order valence-electron chi connectivity index (χ0n) is 11.2. The fourth-order valence-electron chi connectivity index (χ4n) is 1.93. The summed E-state index contributed by atoms with van der Waals surface area (Å²) in [4.78, 5) is 4.49. The highest BCUT2D eigenvalue weighted by molar-refractivity contribution is 5.92. The molecule has 88 valence electrons. The number of hydrogen-bond acceptors (Lipinski definition) is 1. The number of aliphatic imine (C=N–C) groups is 1. The Hall–Kier alpha value is -0.590. The molecule has 0 aliphatic carbocycles. The van der Waals surface area contributed by atoms with Crippen molar-refractivity contribution in [2.24, 2.45) is 16.8 Å². The molecule has 0 amide bonds. The molecule has 1 unspecified atom stereocenters. The van der Waals surface area contributed by atoms with Crippen LogP contribution in [0, 0.1) is 11.8 Å². The molecule has 1 heteroatoms. The molecule has 0 heterocycles. The second kappa shape index (κ2) is 7.67. The van der Waals surface area contributed by atoms with Gasteiger partial charge in [-0.3, -0.25) is 4.99 Å². The molecule has 0 rings (SSSR count). The zero-order valence-corrected chi connectivity index (χ0v) is 11.2. The highest BCUT2D eigenvalue weighted by atomic mass is 14.8. The van der Waals surface area contributed by atoms with Gasteiger partial charge in [-0.25, -0.2) is 0 Å². The van der Waals surface area contributed by atoms with Crippen LogP contribution in [0.5, 0.6) is 0 Å². The monoisotopic (exact) mass is 209 g/mol. The van der Waals surface area contributed by atoms with Crippen molar-refractivity contribution in [2.75, 3.05) is 0 Å². The third-order valence-corrected chi connectivity index (χ3v) is 2.90. The van der Waals surface area contributed by atoms with Crippen molar-refractivity contribution < 1.29 is 0 Å². The minimum atomic E-state index is 0.401. The second-order valence-electron chi connectivity index (χ2n) is 4.66. The van der Waals surface area contributed by atoms with Crippen LogP contribution in [-0.2, 0) is 0 Å². The third kappa shape index (κ3) is 6.48. The molecule has 0 radical (unpaired) electrons. The molecule has 0 aromatic carbocycles. The number of rotatable bonds is 6. The van der Waals surface area contributed by atoms with Gasteiger partial charge in [-0.2, -0.15) is 0 Å². The number of nitrogens with zero attached hydrogens (tertiary/aromatic N) is 1. The molecule has 1 atom stereocenters. The Morgan fingerprint density at radius 3 is 2.07 bits per heavy atom. The van der Waals surface area contributed by atoms with Gasteiger partial charge in [0.1, 0.15) is 0 Å². The highest BCUT2D eigenvalue weighted by Crippen LogP contribution is 2.20. The molecular weight excluding hydrogens is 182 g/mol. The van der Waals surface area contributed by atoms with Crippen molar-refractivity contribution >= 4 is 5.71 Å². The molecule has 0 aromatic rings. The van der Waals surface area contributed by atoms with Crippen molar-refractivity contribution in [2.45, 2.75) is 60.4 Å². The van der Waals surface area contributed by atoms with E-state index in [0.29, 0.717) is 12.0 Å². The van der Waals surface area contributed by atoms with E-state index in [2.05, 4.69) is 58.7 Å². The summed E-state index contributed by atoms with van der Waals surface area (Å²) in [7, 11) is 0. The van der Waals surface area contributed by atoms with Gasteiger partial charge in [-0.15, -0.1) is 0 Å². The lowest BCUT2D eigenvalue weighted by Crippen LogP contribution is -2.07. The molecule has 0 saturated heterocycles. The minimum absolute atomic E-state index is 0.401. The smallest absolute Gasteiger partial charge is 0.0446 e. The Morgan fingerprint density at radius 2 is 1.67 bits per heavy atom. The molecule has 0 fully saturated rings. The van der Waals surface area contributed by atoms with Crippen molar-refractivity contribution in [3.05, 3.63) is 12.2 Å². The first kappa shape index (κ1) is 14.4. The maximum atomic E-state index is 4.49. The molecule has 0 N–H and O–H groups in total. The number of allylic oxidation sites excluding steroid dienone is 2. The van der Waals surface area contributed by atoms with Crippen molar-refractivity contribution in [3.8, 4) is 0 Å². The van der Waals surface area contributed by atoms with E-state index in [1.54, 1.807) is 0 Å². The normalized spacial score (nSPS) is 15.6. The lowest BCUT2D eigenvalue weighted by molar-refractivity contribution is 0.395. The van der Waals surface area contributed by atoms with Gasteiger partial charge >= 0.3 is 0 Å². The maximum absolute atomic E-state index is 4.49. The summed E-state index contributed by atoms with van der Waals surface area (Å²) in [6.07, 6.45) is 7.01. The van der Waals surface area contributed by atoms with Crippen LogP contribution in [0.4, 0.5) is 0 Å². The maximum Gasteiger partial charge on any atom is 0.0446 e. The molecule has 0 bridgehead atoms. The van der Waals surface area contributed by atoms with Gasteiger partial charge in [0.15, 0.2) is 0 Å². The average molecular weight is 209 g/mol. The summed E-state index contributed by atoms with van der Waals surface area (Å²) in [5, 5.41) is 0. The summed E-state index contributed by atoms with van der Waals surface area (Å²) in [6.45, 7) is 13.2. The van der Waals surface area contributed by atoms with Crippen LogP contribution in [0.3, 0.4) is 0 Å². The van der Waals surface area contributed by atoms with Crippen LogP contribution in [0.25, 0.3) is 0 Å². The SMILES string of the molecule is CCC(CC)C(C)/C=C\C(C)=NC(C)C. The van der Waals surface area contributed by atoms with E-state index in [-0.39, 0.29) is 0 Å². The first-order valence-corrected chi connectivity index (χ1v) is 6.23. The van der Waals surface area contributed by atoms with Gasteiger partial charge < -0.3 is 0 Å². The van der Waals surface area contributed by atoms with E-state index in [1.807, 2.05) is 0 Å². The molecule has 0 aromatic heterocycles. The van der Waals surface area contributed by atoms with Crippen LogP contribution < -0.4 is 0 Å². The van der Waals surface area contributed by atoms with Gasteiger partial charge in [-0.1, -0.05) is 39.7 Å². The van der Waals surface area contributed by atoms with Gasteiger partial charge in [0.05, 0.1) is 0 Å². The summed E-state index contributed by atoms with van der Waals surface area (Å²) in [5.41, 5.74) is 1.14. The average Bonchev–Trinajstić information content (AvgIpc) is 2.15. The summed E-state index contributed by atoms with van der Waals surface area (Å²) >= 11 is 0. The van der Waals surface area contributed by atoms with Crippen LogP contribution in [-0.4, -0.2) is 11.8 Å². The fourth-order valence-corrected chi connectivity index (χ4v) is 1.93. The summed E-state index contributed by atoms with van der Waals surface area (Å²) < 4.78 is 0. The molecule has 1 nitrogen and oxygen atoms in total. The van der Waals surface area contributed by atoms with Crippen molar-refractivity contribution in [1.82, 2.24) is 0 Å². The van der Waals surface area contributed by atoms with E-state index >= 15 is 0 Å². The lowest BCUT2D eigenvalue weighted by Gasteiger charge is -2.17. The largest absolute Gasteiger partial charge is 0.287 e. The summed E-state index contributed by atoms with van der Waals surface area (Å²) in [5.74, 6) is 1.48. The topological polar surface area (TPSA) is 12.4 Å². The molecule has 0 aliphatic rings. The minimum Gasteiger partial charge on any atom is -0.287 e. The predicted octanol–water partition coefficient (Wildman–Crippen LogP) is 4.48. The van der Waals surface area contributed by atoms with E-state index in [4.69, 9.17) is 0 Å². The Balaban J connectivity index is 4.26. The van der Waals surface area contributed by atoms with Gasteiger partial charge in [0, 0.05) is 11.8 Å². The van der Waals surface area contributed by atoms with Gasteiger partial charge in [0.25, 0.3) is 0 Å². The molecule has 15 heavy (non-hydrogen) atoms. The van der Waals surface area contributed by atoms with E-state index in [1.165, 1.54) is 12.8 Å². The standard InChI is InChI=1S/C14H27N/c1-7-14(8-2)12(5)9-10-13(6)15-11(3)4/h9-12,14H,7-8H2,1-6H3/b10-9-,15-13?. The van der Waals surface area contributed by atoms with Crippen LogP contribution in [0.1, 0.15) is 54.4 Å². The Bertz CT molecular complexity index is 209. The molecule has 0 aliphatic heterocycles. The quantitative estimate of drug-likeness (QED) is 0.572. The van der Waals surface area contributed by atoms with Gasteiger partial charge in [0.2, 0.25) is 0 Å². The van der Waals surface area contributed by atoms with E-state index in [0.717, 1.165) is 11.6 Å². The fraction of sp³-hybridized carbons (Fsp3) is 0.786. The first-order valence-electron chi connectivity index (χ1n) is 6.23. The number of hydrogen-bond donors (Lipinski definition) is 0. The molecule has 0 saturated carbocycles. The first-order chi connectivity index (χ1) is 7.01. The Morgan fingerprint density at radius 1 is 1.13 bits per heavy atom. The Kier molecular flexibility index (Phi) is 7.37. The highest BCUT2D eigenvalue weighted by Gasteiger charge is 2.09. The third-order valence-electron chi connectivity index (χ3n) is 2.90. The van der Waals surface area contributed by atoms with Crippen molar-refractivity contribution in [1.29, 1.82) is 0 Å². The van der Waals surface area contributed by atoms with Gasteiger partial charge in [-0.05, 0) is 38.7 Å². The van der Waals surface area contributed by atoms with E-state index < -0.39 is 0 Å². The summed E-state index contributed by atoms with van der Waals surface area (Å²) in [6, 6.07) is 0.401. The van der Waals surface area contributed by atoms with Crippen LogP contribution in [0.2, 0.25) is 0 Å². The predicted molar refractivity (Wildman–Crippen MR) is 70.6 cm³/mol. The lowest BCUT2D eigenvalue weighted by atomic mass is 9.89. The zero-order chi connectivity index (χ0) is 11.8. The van der Waals surface area contributed by atoms with Crippen LogP contribution >= 0.6 is 0 Å². The molecule has 0 spiro atoms. The van der Waals surface area contributed by atoms with E-state index in [9.17, 15) is 0 Å². The van der Waals surface area contributed by atoms with Crippen molar-refractivity contribution in [3.63, 3.8) is 0 Å². The molecular formula is C14H27N. The Labute approximate surface area is 95.7 Å². The van der Waals surface area contributed by atoms with Crippen LogP contribution in [0.15, 0.2) is 17.1 Å². The second-order valence-corrected chi connectivity index (χ2v) is 4.66.